The van der Waals surface area contributed by atoms with Crippen molar-refractivity contribution in [2.45, 2.75) is 97.8 Å². The van der Waals surface area contributed by atoms with Crippen LogP contribution in [-0.4, -0.2) is 104 Å². The van der Waals surface area contributed by atoms with Crippen molar-refractivity contribution in [2.24, 2.45) is 0 Å². The van der Waals surface area contributed by atoms with Crippen LogP contribution in [0.2, 0.25) is 0 Å². The van der Waals surface area contributed by atoms with Gasteiger partial charge in [0.15, 0.2) is 63.3 Å². The monoisotopic (exact) mass is 1300 g/mol. The van der Waals surface area contributed by atoms with Crippen molar-refractivity contribution in [1.82, 2.24) is 0 Å². The van der Waals surface area contributed by atoms with Crippen LogP contribution in [0.3, 0.4) is 0 Å². The van der Waals surface area contributed by atoms with Gasteiger partial charge >= 0.3 is 0 Å². The van der Waals surface area contributed by atoms with Crippen molar-refractivity contribution >= 4 is 40.7 Å². The number of carbonyl (C=O) groups excluding carboxylic acids is 4. The topological polar surface area (TPSA) is 256 Å². The van der Waals surface area contributed by atoms with Crippen LogP contribution in [-0.2, 0) is 15.6 Å². The van der Waals surface area contributed by atoms with Crippen molar-refractivity contribution in [3.05, 3.63) is 201 Å². The molecule has 0 saturated heterocycles. The van der Waals surface area contributed by atoms with Gasteiger partial charge in [-0.15, -0.1) is 0 Å². The SMILES string of the molecule is COc1cc(C(=O)c2ccc(C(C)C)cc2)c(N)cc1O.COc1cc(N)c(C(=O)c2ccc(C(C)C)cc2)cc1OC.COc1cc(OC)c(OC)c(C(C)(C)C=O)c1.COc1cc(OC)cc(C(C)(C)CNc2cc(O)c(OC)cc2C(=O)c2ccc(C(C)C)cc2)c1. The first kappa shape index (κ1) is 75.4. The number of methoxy groups -OCH3 is 9. The first-order chi connectivity index (χ1) is 45.0. The first-order valence-electron chi connectivity index (χ1n) is 30.8. The van der Waals surface area contributed by atoms with E-state index < -0.39 is 5.41 Å². The fraction of sp³-hybridized carbons (Fsp3) is 0.325. The number of ether oxygens (including phenoxy) is 9. The molecule has 0 fully saturated rings. The number of nitrogens with two attached hydrogens (primary N) is 2. The maximum atomic E-state index is 13.5. The maximum Gasteiger partial charge on any atom is 0.195 e. The van der Waals surface area contributed by atoms with Crippen LogP contribution in [0.25, 0.3) is 0 Å². The summed E-state index contributed by atoms with van der Waals surface area (Å²) in [6.07, 6.45) is 0.879. The summed E-state index contributed by atoms with van der Waals surface area (Å²) >= 11 is 0. The van der Waals surface area contributed by atoms with E-state index in [0.717, 1.165) is 17.4 Å². The summed E-state index contributed by atoms with van der Waals surface area (Å²) in [5.74, 6) is 5.23. The summed E-state index contributed by atoms with van der Waals surface area (Å²) in [4.78, 5) is 49.8. The summed E-state index contributed by atoms with van der Waals surface area (Å²) in [6, 6.07) is 41.1. The van der Waals surface area contributed by atoms with Crippen LogP contribution in [0.15, 0.2) is 140 Å². The van der Waals surface area contributed by atoms with E-state index in [1.54, 1.807) is 78.0 Å². The van der Waals surface area contributed by atoms with Gasteiger partial charge in [-0.05, 0) is 90.3 Å². The maximum absolute atomic E-state index is 13.5. The highest BCUT2D eigenvalue weighted by Gasteiger charge is 2.29. The second-order valence-electron chi connectivity index (χ2n) is 24.4. The van der Waals surface area contributed by atoms with Crippen molar-refractivity contribution in [3.8, 4) is 63.2 Å². The molecule has 0 saturated carbocycles. The number of aldehydes is 1. The molecule has 18 heteroatoms. The third-order valence-corrected chi connectivity index (χ3v) is 16.0. The highest BCUT2D eigenvalue weighted by atomic mass is 16.5. The Morgan fingerprint density at radius 2 is 0.789 bits per heavy atom. The second kappa shape index (κ2) is 34.0. The van der Waals surface area contributed by atoms with Crippen LogP contribution in [0.1, 0.15) is 163 Å². The van der Waals surface area contributed by atoms with Crippen LogP contribution in [0.5, 0.6) is 63.2 Å². The van der Waals surface area contributed by atoms with Crippen molar-refractivity contribution in [3.63, 3.8) is 0 Å². The lowest BCUT2D eigenvalue weighted by Gasteiger charge is -2.28. The van der Waals surface area contributed by atoms with Crippen molar-refractivity contribution < 1.29 is 72.0 Å². The zero-order valence-corrected chi connectivity index (χ0v) is 58.2. The number of benzene rings is 8. The molecular formula is C77H93N3O15. The lowest BCUT2D eigenvalue weighted by Crippen LogP contribution is -2.28. The number of nitrogens with one attached hydrogen (secondary N) is 1. The van der Waals surface area contributed by atoms with Crippen LogP contribution < -0.4 is 59.4 Å². The molecule has 8 rings (SSSR count). The molecule has 0 atom stereocenters. The summed E-state index contributed by atoms with van der Waals surface area (Å²) < 4.78 is 47.3. The van der Waals surface area contributed by atoms with Crippen LogP contribution >= 0.6 is 0 Å². The molecule has 0 radical (unpaired) electrons. The molecule has 95 heavy (non-hydrogen) atoms. The van der Waals surface area contributed by atoms with Gasteiger partial charge < -0.3 is 74.4 Å². The number of ketones is 3. The van der Waals surface area contributed by atoms with Crippen LogP contribution in [0.4, 0.5) is 17.1 Å². The fourth-order valence-electron chi connectivity index (χ4n) is 9.84. The molecule has 0 unspecified atom stereocenters. The molecule has 7 N–H and O–H groups in total. The van der Waals surface area contributed by atoms with E-state index >= 15 is 0 Å². The molecule has 0 bridgehead atoms. The number of nitrogen functional groups attached to an aromatic ring is 2. The van der Waals surface area contributed by atoms with E-state index in [1.165, 1.54) is 63.3 Å². The summed E-state index contributed by atoms with van der Waals surface area (Å²) in [7, 11) is 13.9. The standard InChI is InChI=1S/C29H35NO5.C18H21NO3.C17H19NO3.C13H18O4/c1-18(2)19-8-10-20(11-9-19)28(32)24-15-27(35-7)26(31)16-25(24)30-17-29(3,4)21-12-22(33-5)14-23(13-21)34-6;1-11(2)12-5-7-13(8-6-12)18(20)14-9-16(21-3)17(22-4)10-15(14)19;1-10(2)11-4-6-12(7-5-11)17(20)13-8-16(21-3)15(19)9-14(13)18;1-13(2,8-14)10-6-9(15-3)7-11(16-4)12(10)17-5/h8-16,18,30-31H,17H2,1-7H3;5-11H,19H2,1-4H3;4-10,19H,18H2,1-3H3;6-8H,1-5H3. The number of hydrogen-bond acceptors (Lipinski definition) is 18. The smallest absolute Gasteiger partial charge is 0.195 e. The number of rotatable bonds is 24. The van der Waals surface area contributed by atoms with Gasteiger partial charge in [0.1, 0.15) is 23.5 Å². The Hall–Kier alpha value is -10.4. The number of phenolic OH excluding ortho intramolecular Hbond substituents is 2. The van der Waals surface area contributed by atoms with E-state index in [0.29, 0.717) is 109 Å². The second-order valence-corrected chi connectivity index (χ2v) is 24.4. The first-order valence-corrected chi connectivity index (χ1v) is 30.8. The molecule has 0 aromatic heterocycles. The largest absolute Gasteiger partial charge is 0.504 e. The van der Waals surface area contributed by atoms with Gasteiger partial charge in [-0.2, -0.15) is 0 Å². The Morgan fingerprint density at radius 3 is 1.17 bits per heavy atom. The van der Waals surface area contributed by atoms with Gasteiger partial charge in [0, 0.05) is 104 Å². The molecule has 506 valence electrons. The van der Waals surface area contributed by atoms with E-state index in [-0.39, 0.29) is 51.5 Å². The Bertz CT molecular complexity index is 3890. The van der Waals surface area contributed by atoms with Gasteiger partial charge in [-0.1, -0.05) is 128 Å². The van der Waals surface area contributed by atoms with Crippen LogP contribution in [0, 0.1) is 0 Å². The van der Waals surface area contributed by atoms with E-state index in [1.807, 2.05) is 92.7 Å². The average molecular weight is 1300 g/mol. The third kappa shape index (κ3) is 19.1. The Balaban J connectivity index is 0.000000239. The number of carbonyl (C=O) groups is 4. The van der Waals surface area contributed by atoms with Gasteiger partial charge in [0.2, 0.25) is 0 Å². The minimum absolute atomic E-state index is 0.0393. The van der Waals surface area contributed by atoms with E-state index in [9.17, 15) is 29.4 Å². The predicted molar refractivity (Wildman–Crippen MR) is 376 cm³/mol. The molecule has 8 aromatic carbocycles. The zero-order valence-electron chi connectivity index (χ0n) is 58.2. The summed E-state index contributed by atoms with van der Waals surface area (Å²) in [6.45, 7) is 20.9. The quantitative estimate of drug-likeness (QED) is 0.0214. The number of hydrogen-bond donors (Lipinski definition) is 5. The molecule has 8 aromatic rings. The molecule has 0 spiro atoms. The van der Waals surface area contributed by atoms with Crippen molar-refractivity contribution in [2.75, 3.05) is 87.3 Å². The average Bonchev–Trinajstić information content (AvgIpc) is 0.830. The minimum Gasteiger partial charge on any atom is -0.504 e. The molecular weight excluding hydrogens is 1210 g/mol. The Kier molecular flexibility index (Phi) is 27.0. The predicted octanol–water partition coefficient (Wildman–Crippen LogP) is 15.3. The summed E-state index contributed by atoms with van der Waals surface area (Å²) in [5, 5.41) is 23.5. The van der Waals surface area contributed by atoms with Gasteiger partial charge in [-0.25, -0.2) is 0 Å². The highest BCUT2D eigenvalue weighted by molar-refractivity contribution is 6.14. The molecule has 0 aliphatic heterocycles. The Labute approximate surface area is 559 Å². The van der Waals surface area contributed by atoms with E-state index in [2.05, 4.69) is 60.7 Å². The van der Waals surface area contributed by atoms with Gasteiger partial charge in [-0.3, -0.25) is 14.4 Å². The Morgan fingerprint density at radius 1 is 0.432 bits per heavy atom. The van der Waals surface area contributed by atoms with E-state index in [4.69, 9.17) is 54.1 Å². The highest BCUT2D eigenvalue weighted by Crippen LogP contribution is 2.42. The molecule has 0 aliphatic carbocycles. The minimum atomic E-state index is -0.660. The number of anilines is 3. The van der Waals surface area contributed by atoms with Gasteiger partial charge in [0.25, 0.3) is 0 Å². The summed E-state index contributed by atoms with van der Waals surface area (Å²) in [5.41, 5.74) is 20.1. The molecule has 18 nitrogen and oxygen atoms in total. The fourth-order valence-corrected chi connectivity index (χ4v) is 9.84. The third-order valence-electron chi connectivity index (χ3n) is 16.0. The zero-order chi connectivity index (χ0) is 70.6. The lowest BCUT2D eigenvalue weighted by molar-refractivity contribution is -0.111. The van der Waals surface area contributed by atoms with Crippen molar-refractivity contribution in [1.29, 1.82) is 0 Å². The molecule has 0 heterocycles. The molecule has 0 amide bonds. The number of phenols is 2. The molecule has 0 aliphatic rings. The number of aromatic hydroxyl groups is 2. The van der Waals surface area contributed by atoms with Gasteiger partial charge in [0.05, 0.1) is 64.0 Å². The normalized spacial score (nSPS) is 10.9. The lowest BCUT2D eigenvalue weighted by atomic mass is 9.84.